The van der Waals surface area contributed by atoms with Crippen LogP contribution < -0.4 is 0 Å². The molecule has 1 aliphatic heterocycles. The van der Waals surface area contributed by atoms with Crippen LogP contribution in [0.1, 0.15) is 63.9 Å². The Morgan fingerprint density at radius 2 is 1.79 bits per heavy atom. The van der Waals surface area contributed by atoms with E-state index < -0.39 is 11.6 Å². The van der Waals surface area contributed by atoms with Gasteiger partial charge in [0.05, 0.1) is 26.1 Å². The minimum absolute atomic E-state index is 0.0431. The van der Waals surface area contributed by atoms with E-state index in [9.17, 15) is 9.90 Å². The number of hydrogen-bond donors (Lipinski definition) is 1. The summed E-state index contributed by atoms with van der Waals surface area (Å²) in [5.74, 6) is -0.0267. The van der Waals surface area contributed by atoms with Crippen LogP contribution in [0.15, 0.2) is 30.3 Å². The van der Waals surface area contributed by atoms with Gasteiger partial charge in [0, 0.05) is 12.3 Å². The van der Waals surface area contributed by atoms with Gasteiger partial charge in [-0.05, 0) is 31.7 Å². The Hall–Kier alpha value is -1.39. The third-order valence-electron chi connectivity index (χ3n) is 8.07. The molecular formula is C24H36NO3+. The first kappa shape index (κ1) is 19.9. The average Bonchev–Trinajstić information content (AvgIpc) is 3.07. The zero-order valence-electron chi connectivity index (χ0n) is 17.5. The van der Waals surface area contributed by atoms with Crippen LogP contribution in [0, 0.1) is 11.8 Å². The molecule has 0 radical (unpaired) electrons. The van der Waals surface area contributed by atoms with Crippen molar-refractivity contribution in [3.05, 3.63) is 35.9 Å². The molecule has 0 aromatic heterocycles. The van der Waals surface area contributed by atoms with Gasteiger partial charge in [0.25, 0.3) is 0 Å². The number of esters is 1. The number of aliphatic hydroxyl groups is 1. The Kier molecular flexibility index (Phi) is 5.54. The molecule has 1 heterocycles. The summed E-state index contributed by atoms with van der Waals surface area (Å²) in [5.41, 5.74) is -0.825. The molecule has 1 N–H and O–H groups in total. The lowest BCUT2D eigenvalue weighted by Crippen LogP contribution is -2.52. The van der Waals surface area contributed by atoms with E-state index in [2.05, 4.69) is 14.0 Å². The molecule has 1 saturated heterocycles. The topological polar surface area (TPSA) is 46.5 Å². The highest BCUT2D eigenvalue weighted by Crippen LogP contribution is 2.46. The number of carbonyl (C=O) groups is 1. The van der Waals surface area contributed by atoms with Crippen molar-refractivity contribution in [2.75, 3.05) is 20.1 Å². The van der Waals surface area contributed by atoms with Gasteiger partial charge in [0.2, 0.25) is 0 Å². The predicted molar refractivity (Wildman–Crippen MR) is 110 cm³/mol. The predicted octanol–water partition coefficient (Wildman–Crippen LogP) is 4.02. The Labute approximate surface area is 169 Å². The highest BCUT2D eigenvalue weighted by molar-refractivity contribution is 5.82. The van der Waals surface area contributed by atoms with Crippen LogP contribution in [0.4, 0.5) is 0 Å². The van der Waals surface area contributed by atoms with Crippen molar-refractivity contribution in [2.24, 2.45) is 11.8 Å². The second-order valence-electron chi connectivity index (χ2n) is 9.57. The maximum Gasteiger partial charge on any atom is 0.343 e. The maximum absolute atomic E-state index is 13.6. The SMILES string of the molecule is CC[N+]1(C)CC2CC[C@@H]1C2OC(=O)C(O)(c1ccccc1)C1CCCCCC1. The number of benzene rings is 1. The molecule has 1 aromatic carbocycles. The van der Waals surface area contributed by atoms with Gasteiger partial charge in [-0.25, -0.2) is 4.79 Å². The molecular weight excluding hydrogens is 350 g/mol. The number of likely N-dealkylation sites (N-methyl/N-ethyl adjacent to an activating group) is 1. The Morgan fingerprint density at radius 3 is 2.39 bits per heavy atom. The van der Waals surface area contributed by atoms with E-state index in [1.54, 1.807) is 0 Å². The standard InChI is InChI=1S/C24H36NO3/c1-3-25(2)17-18-15-16-21(25)22(18)28-23(26)24(27,20-13-9-6-10-14-20)19-11-7-4-5-8-12-19/h6,9-10,13-14,18-19,21-22,27H,3-5,7-8,11-12,15-17H2,1-2H3/q+1/t18?,21-,22?,24?,25?/m1/s1. The third-order valence-corrected chi connectivity index (χ3v) is 8.07. The van der Waals surface area contributed by atoms with Gasteiger partial charge < -0.3 is 14.3 Å². The summed E-state index contributed by atoms with van der Waals surface area (Å²) in [4.78, 5) is 13.6. The summed E-state index contributed by atoms with van der Waals surface area (Å²) in [6, 6.07) is 9.92. The summed E-state index contributed by atoms with van der Waals surface area (Å²) in [7, 11) is 2.29. The van der Waals surface area contributed by atoms with Gasteiger partial charge in [0.15, 0.2) is 11.7 Å². The molecule has 3 aliphatic rings. The average molecular weight is 387 g/mol. The quantitative estimate of drug-likeness (QED) is 0.472. The van der Waals surface area contributed by atoms with E-state index in [0.29, 0.717) is 17.5 Å². The summed E-state index contributed by atoms with van der Waals surface area (Å²) in [5, 5.41) is 11.9. The molecule has 0 spiro atoms. The van der Waals surface area contributed by atoms with Crippen molar-refractivity contribution < 1.29 is 19.1 Å². The molecule has 2 bridgehead atoms. The zero-order valence-corrected chi connectivity index (χ0v) is 17.5. The molecule has 154 valence electrons. The van der Waals surface area contributed by atoms with Crippen molar-refractivity contribution >= 4 is 5.97 Å². The zero-order chi connectivity index (χ0) is 19.8. The molecule has 4 unspecified atom stereocenters. The molecule has 28 heavy (non-hydrogen) atoms. The number of ether oxygens (including phenoxy) is 1. The summed E-state index contributed by atoms with van der Waals surface area (Å²) in [6.07, 6.45) is 8.54. The van der Waals surface area contributed by atoms with Crippen LogP contribution in [0.5, 0.6) is 0 Å². The van der Waals surface area contributed by atoms with Crippen molar-refractivity contribution in [1.29, 1.82) is 0 Å². The first-order valence-electron chi connectivity index (χ1n) is 11.3. The highest BCUT2D eigenvalue weighted by atomic mass is 16.6. The van der Waals surface area contributed by atoms with E-state index in [-0.39, 0.29) is 12.0 Å². The minimum Gasteiger partial charge on any atom is -0.453 e. The number of piperidine rings is 1. The van der Waals surface area contributed by atoms with Gasteiger partial charge in [-0.15, -0.1) is 0 Å². The van der Waals surface area contributed by atoms with Gasteiger partial charge in [-0.1, -0.05) is 56.0 Å². The molecule has 2 aliphatic carbocycles. The first-order chi connectivity index (χ1) is 13.5. The number of likely N-dealkylation sites (tertiary alicyclic amines) is 1. The lowest BCUT2D eigenvalue weighted by molar-refractivity contribution is -0.925. The maximum atomic E-state index is 13.6. The lowest BCUT2D eigenvalue weighted by Gasteiger charge is -2.38. The molecule has 5 atom stereocenters. The normalized spacial score (nSPS) is 35.3. The first-order valence-corrected chi connectivity index (χ1v) is 11.3. The minimum atomic E-state index is -1.52. The number of carbonyl (C=O) groups excluding carboxylic acids is 1. The summed E-state index contributed by atoms with van der Waals surface area (Å²) in [6.45, 7) is 4.39. The smallest absolute Gasteiger partial charge is 0.343 e. The van der Waals surface area contributed by atoms with Gasteiger partial charge in [0.1, 0.15) is 6.04 Å². The van der Waals surface area contributed by atoms with Crippen LogP contribution >= 0.6 is 0 Å². The van der Waals surface area contributed by atoms with Crippen LogP contribution in [-0.2, 0) is 15.1 Å². The molecule has 1 aromatic rings. The van der Waals surface area contributed by atoms with E-state index in [1.165, 1.54) is 12.8 Å². The number of quaternary nitrogens is 1. The van der Waals surface area contributed by atoms with Crippen molar-refractivity contribution in [1.82, 2.24) is 0 Å². The molecule has 4 heteroatoms. The number of hydrogen-bond acceptors (Lipinski definition) is 3. The Bertz CT molecular complexity index is 684. The van der Waals surface area contributed by atoms with E-state index >= 15 is 0 Å². The molecule has 3 fully saturated rings. The van der Waals surface area contributed by atoms with Gasteiger partial charge in [-0.3, -0.25) is 0 Å². The molecule has 0 amide bonds. The van der Waals surface area contributed by atoms with Gasteiger partial charge >= 0.3 is 5.97 Å². The molecule has 4 nitrogen and oxygen atoms in total. The van der Waals surface area contributed by atoms with E-state index in [1.807, 2.05) is 30.3 Å². The highest BCUT2D eigenvalue weighted by Gasteiger charge is 2.59. The summed E-state index contributed by atoms with van der Waals surface area (Å²) >= 11 is 0. The number of nitrogens with zero attached hydrogens (tertiary/aromatic N) is 1. The lowest BCUT2D eigenvalue weighted by atomic mass is 9.77. The Balaban J connectivity index is 1.61. The fraction of sp³-hybridized carbons (Fsp3) is 0.708. The van der Waals surface area contributed by atoms with Crippen LogP contribution in [0.2, 0.25) is 0 Å². The fourth-order valence-electron chi connectivity index (χ4n) is 6.22. The summed E-state index contributed by atoms with van der Waals surface area (Å²) < 4.78 is 7.20. The van der Waals surface area contributed by atoms with Crippen molar-refractivity contribution in [3.63, 3.8) is 0 Å². The van der Waals surface area contributed by atoms with Gasteiger partial charge in [-0.2, -0.15) is 0 Å². The second-order valence-corrected chi connectivity index (χ2v) is 9.57. The van der Waals surface area contributed by atoms with E-state index in [4.69, 9.17) is 4.74 Å². The number of fused-ring (bicyclic) bond motifs is 2. The van der Waals surface area contributed by atoms with Crippen molar-refractivity contribution in [2.45, 2.75) is 76.0 Å². The van der Waals surface area contributed by atoms with Crippen LogP contribution in [0.25, 0.3) is 0 Å². The number of rotatable bonds is 5. The van der Waals surface area contributed by atoms with Crippen LogP contribution in [0.3, 0.4) is 0 Å². The third kappa shape index (κ3) is 3.29. The second kappa shape index (κ2) is 7.79. The monoisotopic (exact) mass is 386 g/mol. The van der Waals surface area contributed by atoms with E-state index in [0.717, 1.165) is 56.1 Å². The molecule has 4 rings (SSSR count). The van der Waals surface area contributed by atoms with Crippen molar-refractivity contribution in [3.8, 4) is 0 Å². The fourth-order valence-corrected chi connectivity index (χ4v) is 6.22. The molecule has 2 saturated carbocycles. The Morgan fingerprint density at radius 1 is 1.11 bits per heavy atom. The largest absolute Gasteiger partial charge is 0.453 e. The van der Waals surface area contributed by atoms with Crippen LogP contribution in [-0.4, -0.2) is 47.8 Å².